The van der Waals surface area contributed by atoms with E-state index in [2.05, 4.69) is 22.2 Å². The SMILES string of the molecule is CC(C)[C@H](N)C(=O)NCCCN1CCN(C)CC1. The predicted octanol–water partition coefficient (Wildman–Crippen LogP) is -0.277. The molecule has 106 valence electrons. The quantitative estimate of drug-likeness (QED) is 0.642. The fraction of sp³-hybridized carbons (Fsp3) is 0.923. The maximum absolute atomic E-state index is 11.6. The first kappa shape index (κ1) is 15.4. The molecule has 0 unspecified atom stereocenters. The topological polar surface area (TPSA) is 61.6 Å². The van der Waals surface area contributed by atoms with Crippen molar-refractivity contribution < 1.29 is 4.79 Å². The summed E-state index contributed by atoms with van der Waals surface area (Å²) in [6.07, 6.45) is 1.00. The van der Waals surface area contributed by atoms with E-state index in [4.69, 9.17) is 5.73 Å². The molecule has 1 atom stereocenters. The second-order valence-corrected chi connectivity index (χ2v) is 5.56. The minimum absolute atomic E-state index is 0.0247. The molecule has 0 aliphatic carbocycles. The molecule has 1 heterocycles. The molecule has 18 heavy (non-hydrogen) atoms. The lowest BCUT2D eigenvalue weighted by Crippen LogP contribution is -2.46. The van der Waals surface area contributed by atoms with Gasteiger partial charge in [0.2, 0.25) is 5.91 Å². The van der Waals surface area contributed by atoms with E-state index in [1.807, 2.05) is 13.8 Å². The van der Waals surface area contributed by atoms with Gasteiger partial charge in [-0.25, -0.2) is 0 Å². The molecular formula is C13H28N4O. The fourth-order valence-corrected chi connectivity index (χ4v) is 2.01. The number of hydrogen-bond donors (Lipinski definition) is 2. The van der Waals surface area contributed by atoms with E-state index in [-0.39, 0.29) is 17.9 Å². The van der Waals surface area contributed by atoms with Crippen molar-refractivity contribution in [2.45, 2.75) is 26.3 Å². The summed E-state index contributed by atoms with van der Waals surface area (Å²) in [4.78, 5) is 16.4. The molecule has 1 amide bonds. The molecule has 1 rings (SSSR count). The van der Waals surface area contributed by atoms with Crippen molar-refractivity contribution in [3.8, 4) is 0 Å². The van der Waals surface area contributed by atoms with Crippen LogP contribution in [-0.2, 0) is 4.79 Å². The largest absolute Gasteiger partial charge is 0.355 e. The minimum Gasteiger partial charge on any atom is -0.355 e. The first-order chi connectivity index (χ1) is 8.50. The summed E-state index contributed by atoms with van der Waals surface area (Å²) in [5, 5.41) is 2.91. The van der Waals surface area contributed by atoms with Gasteiger partial charge < -0.3 is 20.9 Å². The number of piperazine rings is 1. The number of nitrogens with two attached hydrogens (primary N) is 1. The van der Waals surface area contributed by atoms with Crippen LogP contribution in [0.2, 0.25) is 0 Å². The van der Waals surface area contributed by atoms with Crippen LogP contribution < -0.4 is 11.1 Å². The molecule has 5 heteroatoms. The number of carbonyl (C=O) groups is 1. The Kier molecular flexibility index (Phi) is 6.60. The van der Waals surface area contributed by atoms with E-state index in [0.29, 0.717) is 0 Å². The van der Waals surface area contributed by atoms with Crippen molar-refractivity contribution in [3.63, 3.8) is 0 Å². The van der Waals surface area contributed by atoms with E-state index in [9.17, 15) is 4.79 Å². The number of nitrogens with zero attached hydrogens (tertiary/aromatic N) is 2. The summed E-state index contributed by atoms with van der Waals surface area (Å²) >= 11 is 0. The smallest absolute Gasteiger partial charge is 0.237 e. The zero-order valence-electron chi connectivity index (χ0n) is 12.0. The van der Waals surface area contributed by atoms with Crippen LogP contribution in [0.25, 0.3) is 0 Å². The Hall–Kier alpha value is -0.650. The maximum Gasteiger partial charge on any atom is 0.237 e. The van der Waals surface area contributed by atoms with Crippen molar-refractivity contribution >= 4 is 5.91 Å². The van der Waals surface area contributed by atoms with Gasteiger partial charge in [0.25, 0.3) is 0 Å². The van der Waals surface area contributed by atoms with Crippen LogP contribution in [-0.4, -0.2) is 68.1 Å². The Labute approximate surface area is 111 Å². The Morgan fingerprint density at radius 1 is 1.28 bits per heavy atom. The average Bonchev–Trinajstić information content (AvgIpc) is 2.35. The lowest BCUT2D eigenvalue weighted by Gasteiger charge is -2.32. The summed E-state index contributed by atoms with van der Waals surface area (Å²) in [7, 11) is 2.16. The molecule has 1 aliphatic rings. The molecule has 1 aliphatic heterocycles. The van der Waals surface area contributed by atoms with Gasteiger partial charge in [-0.3, -0.25) is 4.79 Å². The standard InChI is InChI=1S/C13H28N4O/c1-11(2)12(14)13(18)15-5-4-6-17-9-7-16(3)8-10-17/h11-12H,4-10,14H2,1-3H3,(H,15,18)/t12-/m0/s1. The number of likely N-dealkylation sites (N-methyl/N-ethyl adjacent to an activating group) is 1. The number of rotatable bonds is 6. The van der Waals surface area contributed by atoms with Gasteiger partial charge >= 0.3 is 0 Å². The number of hydrogen-bond acceptors (Lipinski definition) is 4. The Morgan fingerprint density at radius 3 is 2.44 bits per heavy atom. The molecule has 3 N–H and O–H groups in total. The van der Waals surface area contributed by atoms with Gasteiger partial charge in [-0.1, -0.05) is 13.8 Å². The Bertz CT molecular complexity index is 249. The van der Waals surface area contributed by atoms with Gasteiger partial charge in [0.1, 0.15) is 0 Å². The van der Waals surface area contributed by atoms with Gasteiger partial charge in [-0.2, -0.15) is 0 Å². The lowest BCUT2D eigenvalue weighted by atomic mass is 10.1. The van der Waals surface area contributed by atoms with Crippen LogP contribution >= 0.6 is 0 Å². The average molecular weight is 256 g/mol. The maximum atomic E-state index is 11.6. The van der Waals surface area contributed by atoms with E-state index in [1.54, 1.807) is 0 Å². The van der Waals surface area contributed by atoms with E-state index in [1.165, 1.54) is 0 Å². The zero-order chi connectivity index (χ0) is 13.5. The van der Waals surface area contributed by atoms with E-state index >= 15 is 0 Å². The molecule has 1 saturated heterocycles. The monoisotopic (exact) mass is 256 g/mol. The van der Waals surface area contributed by atoms with Gasteiger partial charge in [-0.15, -0.1) is 0 Å². The van der Waals surface area contributed by atoms with Gasteiger partial charge in [0.15, 0.2) is 0 Å². The third-order valence-electron chi connectivity index (χ3n) is 3.57. The van der Waals surface area contributed by atoms with Gasteiger partial charge in [0, 0.05) is 32.7 Å². The molecule has 0 aromatic heterocycles. The van der Waals surface area contributed by atoms with Crippen molar-refractivity contribution in [1.29, 1.82) is 0 Å². The highest BCUT2D eigenvalue weighted by atomic mass is 16.2. The second-order valence-electron chi connectivity index (χ2n) is 5.56. The van der Waals surface area contributed by atoms with Crippen LogP contribution in [0.5, 0.6) is 0 Å². The van der Waals surface area contributed by atoms with Crippen molar-refractivity contribution in [2.24, 2.45) is 11.7 Å². The molecule has 5 nitrogen and oxygen atoms in total. The summed E-state index contributed by atoms with van der Waals surface area (Å²) in [5.41, 5.74) is 5.77. The van der Waals surface area contributed by atoms with Crippen molar-refractivity contribution in [2.75, 3.05) is 46.3 Å². The molecule has 0 radical (unpaired) electrons. The first-order valence-electron chi connectivity index (χ1n) is 6.95. The van der Waals surface area contributed by atoms with Gasteiger partial charge in [-0.05, 0) is 25.9 Å². The van der Waals surface area contributed by atoms with Crippen molar-refractivity contribution in [1.82, 2.24) is 15.1 Å². The second kappa shape index (κ2) is 7.71. The Morgan fingerprint density at radius 2 is 1.89 bits per heavy atom. The zero-order valence-corrected chi connectivity index (χ0v) is 12.0. The molecule has 0 aromatic rings. The number of amides is 1. The number of carbonyl (C=O) groups excluding carboxylic acids is 1. The summed E-state index contributed by atoms with van der Waals surface area (Å²) in [6.45, 7) is 10.3. The predicted molar refractivity (Wildman–Crippen MR) is 74.4 cm³/mol. The lowest BCUT2D eigenvalue weighted by molar-refractivity contribution is -0.123. The molecule has 0 aromatic carbocycles. The van der Waals surface area contributed by atoms with Gasteiger partial charge in [0.05, 0.1) is 6.04 Å². The van der Waals surface area contributed by atoms with Crippen molar-refractivity contribution in [3.05, 3.63) is 0 Å². The fourth-order valence-electron chi connectivity index (χ4n) is 2.01. The highest BCUT2D eigenvalue weighted by Crippen LogP contribution is 2.00. The van der Waals surface area contributed by atoms with E-state index < -0.39 is 0 Å². The molecule has 0 spiro atoms. The molecule has 1 fully saturated rings. The molecule has 0 bridgehead atoms. The third-order valence-corrected chi connectivity index (χ3v) is 3.57. The highest BCUT2D eigenvalue weighted by Gasteiger charge is 2.17. The Balaban J connectivity index is 2.06. The summed E-state index contributed by atoms with van der Waals surface area (Å²) in [6, 6.07) is -0.381. The van der Waals surface area contributed by atoms with E-state index in [0.717, 1.165) is 45.7 Å². The normalized spacial score (nSPS) is 20.1. The van der Waals surface area contributed by atoms with Crippen LogP contribution in [0.1, 0.15) is 20.3 Å². The molecule has 0 saturated carbocycles. The van der Waals surface area contributed by atoms with Crippen LogP contribution in [0, 0.1) is 5.92 Å². The number of nitrogens with one attached hydrogen (secondary N) is 1. The third kappa shape index (κ3) is 5.33. The van der Waals surface area contributed by atoms with Crippen LogP contribution in [0.4, 0.5) is 0 Å². The summed E-state index contributed by atoms with van der Waals surface area (Å²) in [5.74, 6) is 0.172. The first-order valence-corrected chi connectivity index (χ1v) is 6.95. The highest BCUT2D eigenvalue weighted by molar-refractivity contribution is 5.81. The molecular weight excluding hydrogens is 228 g/mol. The van der Waals surface area contributed by atoms with Crippen LogP contribution in [0.3, 0.4) is 0 Å². The minimum atomic E-state index is -0.381. The van der Waals surface area contributed by atoms with Crippen LogP contribution in [0.15, 0.2) is 0 Å². The summed E-state index contributed by atoms with van der Waals surface area (Å²) < 4.78 is 0.